The van der Waals surface area contributed by atoms with Gasteiger partial charge >= 0.3 is 0 Å². The summed E-state index contributed by atoms with van der Waals surface area (Å²) in [5, 5.41) is 1.34. The lowest BCUT2D eigenvalue weighted by Crippen LogP contribution is -2.31. The molecule has 2 aromatic heterocycles. The zero-order chi connectivity index (χ0) is 20.7. The lowest BCUT2D eigenvalue weighted by Gasteiger charge is -2.30. The van der Waals surface area contributed by atoms with Crippen LogP contribution in [0.5, 0.6) is 0 Å². The van der Waals surface area contributed by atoms with Crippen LogP contribution in [0, 0.1) is 13.8 Å². The van der Waals surface area contributed by atoms with Crippen LogP contribution < -0.4 is 4.90 Å². The second-order valence-electron chi connectivity index (χ2n) is 8.47. The van der Waals surface area contributed by atoms with E-state index < -0.39 is 0 Å². The summed E-state index contributed by atoms with van der Waals surface area (Å²) in [6, 6.07) is 19.9. The van der Waals surface area contributed by atoms with Gasteiger partial charge in [-0.3, -0.25) is 0 Å². The average molecular weight is 396 g/mol. The number of fused-ring (bicyclic) bond motifs is 2. The molecule has 0 saturated carbocycles. The number of hydrogen-bond donors (Lipinski definition) is 0. The van der Waals surface area contributed by atoms with Crippen LogP contribution in [-0.4, -0.2) is 16.1 Å². The Hall–Kier alpha value is -3.07. The zero-order valence-electron chi connectivity index (χ0n) is 18.2. The quantitative estimate of drug-likeness (QED) is 0.434. The summed E-state index contributed by atoms with van der Waals surface area (Å²) >= 11 is 0. The minimum atomic E-state index is 0.887. The van der Waals surface area contributed by atoms with Crippen LogP contribution in [0.15, 0.2) is 60.8 Å². The molecule has 1 aliphatic rings. The van der Waals surface area contributed by atoms with Gasteiger partial charge in [0.05, 0.1) is 5.52 Å². The van der Waals surface area contributed by atoms with E-state index in [9.17, 15) is 0 Å². The first-order valence-corrected chi connectivity index (χ1v) is 11.0. The number of aryl methyl sites for hydroxylation is 2. The maximum atomic E-state index is 4.92. The van der Waals surface area contributed by atoms with Crippen LogP contribution in [-0.2, 0) is 25.9 Å². The minimum Gasteiger partial charge on any atom is -0.350 e. The first-order chi connectivity index (χ1) is 14.7. The smallest absolute Gasteiger partial charge is 0.153 e. The highest BCUT2D eigenvalue weighted by atomic mass is 15.2. The van der Waals surface area contributed by atoms with Gasteiger partial charge in [-0.15, -0.1) is 0 Å². The van der Waals surface area contributed by atoms with Crippen molar-refractivity contribution in [3.8, 4) is 0 Å². The Morgan fingerprint density at radius 3 is 2.60 bits per heavy atom. The van der Waals surface area contributed by atoms with E-state index in [2.05, 4.69) is 84.8 Å². The van der Waals surface area contributed by atoms with Gasteiger partial charge in [0.15, 0.2) is 5.82 Å². The van der Waals surface area contributed by atoms with Crippen LogP contribution in [0.3, 0.4) is 0 Å². The summed E-state index contributed by atoms with van der Waals surface area (Å²) in [6.45, 7) is 9.53. The van der Waals surface area contributed by atoms with Crippen molar-refractivity contribution in [1.29, 1.82) is 0 Å². The zero-order valence-corrected chi connectivity index (χ0v) is 18.2. The molecule has 0 fully saturated rings. The van der Waals surface area contributed by atoms with E-state index >= 15 is 0 Å². The van der Waals surface area contributed by atoms with E-state index in [1.54, 1.807) is 0 Å². The highest BCUT2D eigenvalue weighted by molar-refractivity contribution is 5.93. The van der Waals surface area contributed by atoms with Crippen LogP contribution in [0.1, 0.15) is 40.4 Å². The molecule has 1 aliphatic heterocycles. The number of hydrogen-bond acceptors (Lipinski definition) is 2. The van der Waals surface area contributed by atoms with Gasteiger partial charge in [0.25, 0.3) is 0 Å². The predicted octanol–water partition coefficient (Wildman–Crippen LogP) is 5.83. The van der Waals surface area contributed by atoms with Gasteiger partial charge in [-0.1, -0.05) is 61.0 Å². The van der Waals surface area contributed by atoms with Crippen LogP contribution in [0.25, 0.3) is 10.9 Å². The molecule has 152 valence electrons. The van der Waals surface area contributed by atoms with Gasteiger partial charge in [0.2, 0.25) is 0 Å². The Labute approximate surface area is 179 Å². The summed E-state index contributed by atoms with van der Waals surface area (Å²) < 4.78 is 2.52. The average Bonchev–Trinajstić information content (AvgIpc) is 3.04. The summed E-state index contributed by atoms with van der Waals surface area (Å²) in [4.78, 5) is 7.39. The summed E-state index contributed by atoms with van der Waals surface area (Å²) in [5.74, 6) is 1.12. The molecule has 0 spiro atoms. The first kappa shape index (κ1) is 18.9. The Morgan fingerprint density at radius 1 is 0.967 bits per heavy atom. The Morgan fingerprint density at radius 2 is 1.80 bits per heavy atom. The molecule has 0 radical (unpaired) electrons. The van der Waals surface area contributed by atoms with Crippen molar-refractivity contribution in [2.45, 2.75) is 46.7 Å². The topological polar surface area (TPSA) is 21.1 Å². The molecule has 0 atom stereocenters. The molecule has 3 heterocycles. The number of pyridine rings is 1. The van der Waals surface area contributed by atoms with Crippen LogP contribution in [0.2, 0.25) is 0 Å². The van der Waals surface area contributed by atoms with Crippen molar-refractivity contribution >= 4 is 16.7 Å². The molecule has 0 bridgehead atoms. The van der Waals surface area contributed by atoms with Crippen LogP contribution >= 0.6 is 0 Å². The van der Waals surface area contributed by atoms with E-state index in [0.29, 0.717) is 0 Å². The SMILES string of the molecule is CCc1c(C)c2ccnc(N3CCc4ccccc4C3)c2n1Cc1cccc(C)c1. The van der Waals surface area contributed by atoms with E-state index in [4.69, 9.17) is 4.98 Å². The van der Waals surface area contributed by atoms with Crippen molar-refractivity contribution < 1.29 is 0 Å². The molecule has 0 N–H and O–H groups in total. The lowest BCUT2D eigenvalue weighted by atomic mass is 10.00. The summed E-state index contributed by atoms with van der Waals surface area (Å²) in [6.07, 6.45) is 4.09. The third-order valence-corrected chi connectivity index (χ3v) is 6.53. The normalized spacial score (nSPS) is 13.6. The second kappa shape index (κ2) is 7.64. The summed E-state index contributed by atoms with van der Waals surface area (Å²) in [7, 11) is 0. The largest absolute Gasteiger partial charge is 0.350 e. The van der Waals surface area contributed by atoms with Crippen molar-refractivity contribution in [1.82, 2.24) is 9.55 Å². The monoisotopic (exact) mass is 395 g/mol. The second-order valence-corrected chi connectivity index (χ2v) is 8.47. The number of rotatable bonds is 4. The molecule has 3 heteroatoms. The highest BCUT2D eigenvalue weighted by Gasteiger charge is 2.23. The molecular formula is C27H29N3. The van der Waals surface area contributed by atoms with Crippen molar-refractivity contribution in [2.75, 3.05) is 11.4 Å². The molecule has 5 rings (SSSR count). The Kier molecular flexibility index (Phi) is 4.82. The maximum absolute atomic E-state index is 4.92. The molecule has 4 aromatic rings. The lowest BCUT2D eigenvalue weighted by molar-refractivity contribution is 0.715. The van der Waals surface area contributed by atoms with Gasteiger partial charge in [-0.25, -0.2) is 4.98 Å². The molecule has 0 aliphatic carbocycles. The van der Waals surface area contributed by atoms with Gasteiger partial charge < -0.3 is 9.47 Å². The van der Waals surface area contributed by atoms with Gasteiger partial charge in [0.1, 0.15) is 0 Å². The molecule has 0 unspecified atom stereocenters. The summed E-state index contributed by atoms with van der Waals surface area (Å²) in [5.41, 5.74) is 9.64. The van der Waals surface area contributed by atoms with Gasteiger partial charge in [-0.2, -0.15) is 0 Å². The third-order valence-electron chi connectivity index (χ3n) is 6.53. The fourth-order valence-corrected chi connectivity index (χ4v) is 5.04. The molecule has 3 nitrogen and oxygen atoms in total. The van der Waals surface area contributed by atoms with Crippen molar-refractivity contribution in [2.24, 2.45) is 0 Å². The number of aromatic nitrogens is 2. The van der Waals surface area contributed by atoms with E-state index in [0.717, 1.165) is 38.3 Å². The van der Waals surface area contributed by atoms with E-state index in [1.807, 2.05) is 6.20 Å². The Balaban J connectivity index is 1.65. The number of nitrogens with zero attached hydrogens (tertiary/aromatic N) is 3. The highest BCUT2D eigenvalue weighted by Crippen LogP contribution is 2.34. The van der Waals surface area contributed by atoms with Crippen molar-refractivity contribution in [3.05, 3.63) is 94.3 Å². The number of anilines is 1. The molecular weight excluding hydrogens is 366 g/mol. The standard InChI is InChI=1S/C27H29N3/c1-4-25-20(3)24-12-14-28-27(29-15-13-22-10-5-6-11-23(22)18-29)26(24)30(25)17-21-9-7-8-19(2)16-21/h5-12,14,16H,4,13,15,17-18H2,1-3H3. The fourth-order valence-electron chi connectivity index (χ4n) is 5.04. The molecule has 2 aromatic carbocycles. The first-order valence-electron chi connectivity index (χ1n) is 11.0. The minimum absolute atomic E-state index is 0.887. The third kappa shape index (κ3) is 3.19. The fraction of sp³-hybridized carbons (Fsp3) is 0.296. The number of benzene rings is 2. The molecule has 0 saturated heterocycles. The molecule has 30 heavy (non-hydrogen) atoms. The van der Waals surface area contributed by atoms with Gasteiger partial charge in [0, 0.05) is 36.9 Å². The van der Waals surface area contributed by atoms with Crippen molar-refractivity contribution in [3.63, 3.8) is 0 Å². The van der Waals surface area contributed by atoms with E-state index in [1.165, 1.54) is 44.4 Å². The Bertz CT molecular complexity index is 1220. The molecule has 0 amide bonds. The van der Waals surface area contributed by atoms with E-state index in [-0.39, 0.29) is 0 Å². The predicted molar refractivity (Wildman–Crippen MR) is 125 cm³/mol. The van der Waals surface area contributed by atoms with Crippen LogP contribution in [0.4, 0.5) is 5.82 Å². The van der Waals surface area contributed by atoms with Gasteiger partial charge in [-0.05, 0) is 55.0 Å². The maximum Gasteiger partial charge on any atom is 0.153 e.